The summed E-state index contributed by atoms with van der Waals surface area (Å²) in [4.78, 5) is 28.2. The highest BCUT2D eigenvalue weighted by Crippen LogP contribution is 2.25. The molecule has 0 heterocycles. The molecule has 2 amide bonds. The van der Waals surface area contributed by atoms with E-state index in [1.165, 1.54) is 11.8 Å². The molecule has 0 aromatic heterocycles. The number of halogens is 2. The third-order valence-corrected chi connectivity index (χ3v) is 7.06. The van der Waals surface area contributed by atoms with Crippen LogP contribution in [0, 0.1) is 0 Å². The SMILES string of the molecule is CNC(=O)C(Cc1ccccc1)N(Cc1cccc(OC)c1)C(=O)CSCc1ccc(Cl)cc1Cl. The molecule has 0 radical (unpaired) electrons. The zero-order valence-corrected chi connectivity index (χ0v) is 22.0. The van der Waals surface area contributed by atoms with Crippen LogP contribution >= 0.6 is 35.0 Å². The molecule has 1 N–H and O–H groups in total. The molecule has 5 nitrogen and oxygen atoms in total. The summed E-state index contributed by atoms with van der Waals surface area (Å²) in [5.74, 6) is 1.10. The largest absolute Gasteiger partial charge is 0.497 e. The number of rotatable bonds is 11. The fourth-order valence-electron chi connectivity index (χ4n) is 3.66. The first-order valence-electron chi connectivity index (χ1n) is 11.1. The number of thioether (sulfide) groups is 1. The van der Waals surface area contributed by atoms with E-state index in [1.54, 1.807) is 31.2 Å². The molecule has 0 saturated heterocycles. The van der Waals surface area contributed by atoms with Gasteiger partial charge in [0.05, 0.1) is 12.9 Å². The molecule has 0 aliphatic rings. The van der Waals surface area contributed by atoms with Crippen molar-refractivity contribution in [1.82, 2.24) is 10.2 Å². The lowest BCUT2D eigenvalue weighted by molar-refractivity contribution is -0.139. The molecule has 1 atom stereocenters. The Hall–Kier alpha value is -2.67. The molecular weight excluding hydrogens is 503 g/mol. The van der Waals surface area contributed by atoms with Gasteiger partial charge < -0.3 is 15.0 Å². The Bertz CT molecular complexity index is 1140. The van der Waals surface area contributed by atoms with Gasteiger partial charge in [0.15, 0.2) is 0 Å². The standard InChI is InChI=1S/C27H28Cl2N2O3S/c1-30-27(33)25(14-19-7-4-3-5-8-19)31(16-20-9-6-10-23(13-20)34-2)26(32)18-35-17-21-11-12-22(28)15-24(21)29/h3-13,15,25H,14,16-18H2,1-2H3,(H,30,33). The summed E-state index contributed by atoms with van der Waals surface area (Å²) in [5, 5.41) is 3.87. The van der Waals surface area contributed by atoms with Gasteiger partial charge in [-0.2, -0.15) is 0 Å². The molecule has 3 aromatic carbocycles. The maximum atomic E-state index is 13.5. The second kappa shape index (κ2) is 13.4. The van der Waals surface area contributed by atoms with Gasteiger partial charge in [0.2, 0.25) is 11.8 Å². The number of benzene rings is 3. The summed E-state index contributed by atoms with van der Waals surface area (Å²) >= 11 is 13.7. The summed E-state index contributed by atoms with van der Waals surface area (Å²) in [5.41, 5.74) is 2.76. The molecule has 8 heteroatoms. The van der Waals surface area contributed by atoms with Crippen LogP contribution in [-0.2, 0) is 28.3 Å². The maximum absolute atomic E-state index is 13.5. The van der Waals surface area contributed by atoms with Gasteiger partial charge in [0.25, 0.3) is 0 Å². The first-order chi connectivity index (χ1) is 16.9. The van der Waals surface area contributed by atoms with E-state index in [4.69, 9.17) is 27.9 Å². The summed E-state index contributed by atoms with van der Waals surface area (Å²) in [7, 11) is 3.19. The second-order valence-corrected chi connectivity index (χ2v) is 9.75. The van der Waals surface area contributed by atoms with Gasteiger partial charge in [-0.1, -0.05) is 71.7 Å². The molecule has 0 fully saturated rings. The van der Waals surface area contributed by atoms with Gasteiger partial charge in [-0.15, -0.1) is 11.8 Å². The summed E-state index contributed by atoms with van der Waals surface area (Å²) in [6.07, 6.45) is 0.407. The number of carbonyl (C=O) groups is 2. The number of hydrogen-bond donors (Lipinski definition) is 1. The van der Waals surface area contributed by atoms with E-state index in [0.29, 0.717) is 28.0 Å². The molecule has 3 aromatic rings. The van der Waals surface area contributed by atoms with E-state index < -0.39 is 6.04 Å². The van der Waals surface area contributed by atoms with Gasteiger partial charge in [-0.25, -0.2) is 0 Å². The van der Waals surface area contributed by atoms with Crippen LogP contribution in [0.15, 0.2) is 72.8 Å². The number of methoxy groups -OCH3 is 1. The van der Waals surface area contributed by atoms with Crippen molar-refractivity contribution in [3.8, 4) is 5.75 Å². The molecule has 0 aliphatic heterocycles. The van der Waals surface area contributed by atoms with Gasteiger partial charge in [-0.3, -0.25) is 9.59 Å². The maximum Gasteiger partial charge on any atom is 0.242 e. The van der Waals surface area contributed by atoms with E-state index in [-0.39, 0.29) is 24.1 Å². The van der Waals surface area contributed by atoms with Crippen molar-refractivity contribution in [2.75, 3.05) is 19.9 Å². The van der Waals surface area contributed by atoms with Gasteiger partial charge in [0, 0.05) is 35.8 Å². The van der Waals surface area contributed by atoms with Crippen LogP contribution in [0.2, 0.25) is 10.0 Å². The monoisotopic (exact) mass is 530 g/mol. The van der Waals surface area contributed by atoms with Crippen molar-refractivity contribution in [1.29, 1.82) is 0 Å². The number of nitrogens with zero attached hydrogens (tertiary/aromatic N) is 1. The third-order valence-electron chi connectivity index (χ3n) is 5.50. The van der Waals surface area contributed by atoms with Gasteiger partial charge in [-0.05, 0) is 41.0 Å². The third kappa shape index (κ3) is 7.92. The second-order valence-electron chi connectivity index (χ2n) is 7.92. The number of carbonyl (C=O) groups excluding carboxylic acids is 2. The van der Waals surface area contributed by atoms with Crippen LogP contribution in [0.4, 0.5) is 0 Å². The van der Waals surface area contributed by atoms with Crippen LogP contribution < -0.4 is 10.1 Å². The van der Waals surface area contributed by atoms with Crippen molar-refractivity contribution in [2.45, 2.75) is 24.8 Å². The Labute approximate surface area is 220 Å². The highest BCUT2D eigenvalue weighted by atomic mass is 35.5. The quantitative estimate of drug-likeness (QED) is 0.349. The molecule has 184 valence electrons. The van der Waals surface area contributed by atoms with Crippen LogP contribution in [0.1, 0.15) is 16.7 Å². The Kier molecular flexibility index (Phi) is 10.3. The molecule has 0 aliphatic carbocycles. The minimum absolute atomic E-state index is 0.132. The zero-order valence-electron chi connectivity index (χ0n) is 19.7. The molecule has 3 rings (SSSR count). The number of likely N-dealkylation sites (N-methyl/N-ethyl adjacent to an activating group) is 1. The number of nitrogens with one attached hydrogen (secondary N) is 1. The Morgan fingerprint density at radius 1 is 1.00 bits per heavy atom. The molecule has 0 spiro atoms. The normalized spacial score (nSPS) is 11.5. The van der Waals surface area contributed by atoms with Crippen LogP contribution in [0.3, 0.4) is 0 Å². The molecule has 0 bridgehead atoms. The fourth-order valence-corrected chi connectivity index (χ4v) is 5.13. The van der Waals surface area contributed by atoms with Crippen molar-refractivity contribution in [3.05, 3.63) is 99.5 Å². The Morgan fingerprint density at radius 2 is 1.74 bits per heavy atom. The number of hydrogen-bond acceptors (Lipinski definition) is 4. The predicted octanol–water partition coefficient (Wildman–Crippen LogP) is 5.62. The highest BCUT2D eigenvalue weighted by Gasteiger charge is 2.29. The Morgan fingerprint density at radius 3 is 2.43 bits per heavy atom. The lowest BCUT2D eigenvalue weighted by Crippen LogP contribution is -2.50. The first kappa shape index (κ1) is 26.9. The molecule has 35 heavy (non-hydrogen) atoms. The number of amides is 2. The van der Waals surface area contributed by atoms with Gasteiger partial charge >= 0.3 is 0 Å². The van der Waals surface area contributed by atoms with Crippen LogP contribution in [-0.4, -0.2) is 42.7 Å². The van der Waals surface area contributed by atoms with E-state index in [2.05, 4.69) is 5.32 Å². The average Bonchev–Trinajstić information content (AvgIpc) is 2.87. The highest BCUT2D eigenvalue weighted by molar-refractivity contribution is 7.99. The fraction of sp³-hybridized carbons (Fsp3) is 0.259. The zero-order chi connectivity index (χ0) is 25.2. The van der Waals surface area contributed by atoms with Crippen molar-refractivity contribution >= 4 is 46.8 Å². The summed E-state index contributed by atoms with van der Waals surface area (Å²) in [6, 6.07) is 21.9. The van der Waals surface area contributed by atoms with E-state index in [9.17, 15) is 9.59 Å². The Balaban J connectivity index is 1.82. The molecule has 0 saturated carbocycles. The lowest BCUT2D eigenvalue weighted by Gasteiger charge is -2.31. The van der Waals surface area contributed by atoms with E-state index in [0.717, 1.165) is 16.7 Å². The smallest absolute Gasteiger partial charge is 0.242 e. The minimum atomic E-state index is -0.666. The van der Waals surface area contributed by atoms with Crippen molar-refractivity contribution in [2.24, 2.45) is 0 Å². The lowest BCUT2D eigenvalue weighted by atomic mass is 10.0. The van der Waals surface area contributed by atoms with Crippen molar-refractivity contribution < 1.29 is 14.3 Å². The van der Waals surface area contributed by atoms with Crippen molar-refractivity contribution in [3.63, 3.8) is 0 Å². The predicted molar refractivity (Wildman–Crippen MR) is 144 cm³/mol. The average molecular weight is 532 g/mol. The minimum Gasteiger partial charge on any atom is -0.497 e. The molecule has 1 unspecified atom stereocenters. The van der Waals surface area contributed by atoms with Crippen LogP contribution in [0.25, 0.3) is 0 Å². The molecular formula is C27H28Cl2N2O3S. The topological polar surface area (TPSA) is 58.6 Å². The number of ether oxygens (including phenoxy) is 1. The van der Waals surface area contributed by atoms with Crippen LogP contribution in [0.5, 0.6) is 5.75 Å². The summed E-state index contributed by atoms with van der Waals surface area (Å²) < 4.78 is 5.35. The van der Waals surface area contributed by atoms with E-state index in [1.807, 2.05) is 60.7 Å². The van der Waals surface area contributed by atoms with Gasteiger partial charge in [0.1, 0.15) is 11.8 Å². The summed E-state index contributed by atoms with van der Waals surface area (Å²) in [6.45, 7) is 0.281. The van der Waals surface area contributed by atoms with E-state index >= 15 is 0 Å². The first-order valence-corrected chi connectivity index (χ1v) is 13.0.